The molecule has 1 heterocycles. The van der Waals surface area contributed by atoms with Crippen molar-refractivity contribution in [1.82, 2.24) is 10.3 Å². The molecule has 0 aliphatic heterocycles. The summed E-state index contributed by atoms with van der Waals surface area (Å²) < 4.78 is 0. The first-order valence-electron chi connectivity index (χ1n) is 5.97. The summed E-state index contributed by atoms with van der Waals surface area (Å²) in [7, 11) is 0. The fraction of sp³-hybridized carbons (Fsp3) is 0.545. The first kappa shape index (κ1) is 15.5. The molecule has 0 radical (unpaired) electrons. The Balaban J connectivity index is 2.78. The summed E-state index contributed by atoms with van der Waals surface area (Å²) in [5.74, 6) is -1.09. The van der Waals surface area contributed by atoms with E-state index in [0.717, 1.165) is 4.88 Å². The van der Waals surface area contributed by atoms with Gasteiger partial charge in [0.05, 0.1) is 12.1 Å². The fourth-order valence-electron chi connectivity index (χ4n) is 1.37. The highest BCUT2D eigenvalue weighted by Gasteiger charge is 2.14. The Hall–Kier alpha value is -1.51. The third kappa shape index (κ3) is 5.33. The van der Waals surface area contributed by atoms with Gasteiger partial charge in [0.15, 0.2) is 5.13 Å². The summed E-state index contributed by atoms with van der Waals surface area (Å²) >= 11 is 1.29. The van der Waals surface area contributed by atoms with E-state index in [9.17, 15) is 9.59 Å². The van der Waals surface area contributed by atoms with Crippen LogP contribution in [0.25, 0.3) is 0 Å². The lowest BCUT2D eigenvalue weighted by atomic mass is 10.2. The van der Waals surface area contributed by atoms with E-state index >= 15 is 0 Å². The van der Waals surface area contributed by atoms with Gasteiger partial charge < -0.3 is 21.5 Å². The topological polar surface area (TPSA) is 117 Å². The second-order valence-corrected chi connectivity index (χ2v) is 4.91. The SMILES string of the molecule is CCC(=O)Nc1nc(CC(=O)O)c(CNCCN)s1. The molecule has 0 aliphatic rings. The molecule has 1 amide bonds. The Morgan fingerprint density at radius 1 is 1.47 bits per heavy atom. The number of nitrogens with zero attached hydrogens (tertiary/aromatic N) is 1. The molecular formula is C11H18N4O3S. The van der Waals surface area contributed by atoms with Gasteiger partial charge in [-0.3, -0.25) is 9.59 Å². The van der Waals surface area contributed by atoms with Crippen LogP contribution < -0.4 is 16.4 Å². The number of carbonyl (C=O) groups is 2. The molecule has 0 fully saturated rings. The van der Waals surface area contributed by atoms with E-state index in [1.54, 1.807) is 6.92 Å². The molecule has 0 saturated heterocycles. The Kier molecular flexibility index (Phi) is 6.40. The zero-order chi connectivity index (χ0) is 14.3. The van der Waals surface area contributed by atoms with Crippen LogP contribution in [0.15, 0.2) is 0 Å². The number of aliphatic carboxylic acids is 1. The van der Waals surface area contributed by atoms with Crippen molar-refractivity contribution in [2.75, 3.05) is 18.4 Å². The number of anilines is 1. The maximum Gasteiger partial charge on any atom is 0.309 e. The molecule has 0 aromatic carbocycles. The van der Waals surface area contributed by atoms with Crippen molar-refractivity contribution in [3.05, 3.63) is 10.6 Å². The van der Waals surface area contributed by atoms with Gasteiger partial charge >= 0.3 is 5.97 Å². The molecule has 1 aromatic rings. The van der Waals surface area contributed by atoms with Crippen LogP contribution in [0.1, 0.15) is 23.9 Å². The van der Waals surface area contributed by atoms with Crippen LogP contribution >= 0.6 is 11.3 Å². The minimum absolute atomic E-state index is 0.142. The molecule has 0 bridgehead atoms. The lowest BCUT2D eigenvalue weighted by Crippen LogP contribution is -2.22. The van der Waals surface area contributed by atoms with Gasteiger partial charge in [-0.15, -0.1) is 11.3 Å². The smallest absolute Gasteiger partial charge is 0.309 e. The molecule has 1 aromatic heterocycles. The number of carbonyl (C=O) groups excluding carboxylic acids is 1. The number of nitrogens with one attached hydrogen (secondary N) is 2. The Labute approximate surface area is 115 Å². The van der Waals surface area contributed by atoms with Crippen molar-refractivity contribution >= 4 is 28.3 Å². The third-order valence-corrected chi connectivity index (χ3v) is 3.28. The summed E-state index contributed by atoms with van der Waals surface area (Å²) in [6.45, 7) is 3.39. The van der Waals surface area contributed by atoms with Gasteiger partial charge in [-0.2, -0.15) is 0 Å². The number of rotatable bonds is 8. The summed E-state index contributed by atoms with van der Waals surface area (Å²) in [6, 6.07) is 0. The molecular weight excluding hydrogens is 268 g/mol. The maximum atomic E-state index is 11.3. The van der Waals surface area contributed by atoms with Crippen molar-refractivity contribution in [3.8, 4) is 0 Å². The van der Waals surface area contributed by atoms with Gasteiger partial charge in [0, 0.05) is 30.9 Å². The van der Waals surface area contributed by atoms with Crippen molar-refractivity contribution in [2.45, 2.75) is 26.3 Å². The normalized spacial score (nSPS) is 10.4. The molecule has 7 nitrogen and oxygen atoms in total. The number of carboxylic acid groups (broad SMARTS) is 1. The first-order chi connectivity index (χ1) is 9.06. The second kappa shape index (κ2) is 7.82. The quantitative estimate of drug-likeness (QED) is 0.506. The van der Waals surface area contributed by atoms with Crippen LogP contribution in [-0.4, -0.2) is 35.1 Å². The lowest BCUT2D eigenvalue weighted by Gasteiger charge is -2.01. The number of carboxylic acids is 1. The van der Waals surface area contributed by atoms with Crippen LogP contribution in [0.5, 0.6) is 0 Å². The van der Waals surface area contributed by atoms with Crippen molar-refractivity contribution in [1.29, 1.82) is 0 Å². The van der Waals surface area contributed by atoms with Gasteiger partial charge in [-0.25, -0.2) is 4.98 Å². The van der Waals surface area contributed by atoms with E-state index in [1.165, 1.54) is 11.3 Å². The number of thiazole rings is 1. The minimum Gasteiger partial charge on any atom is -0.481 e. The molecule has 0 atom stereocenters. The predicted octanol–water partition coefficient (Wildman–Crippen LogP) is 0.167. The Bertz CT molecular complexity index is 447. The molecule has 1 rings (SSSR count). The van der Waals surface area contributed by atoms with Crippen molar-refractivity contribution < 1.29 is 14.7 Å². The van der Waals surface area contributed by atoms with E-state index < -0.39 is 5.97 Å². The molecule has 5 N–H and O–H groups in total. The summed E-state index contributed by atoms with van der Waals surface area (Å²) in [4.78, 5) is 27.0. The monoisotopic (exact) mass is 286 g/mol. The molecule has 0 saturated carbocycles. The predicted molar refractivity (Wildman–Crippen MR) is 73.1 cm³/mol. The summed E-state index contributed by atoms with van der Waals surface area (Å²) in [5.41, 5.74) is 5.85. The van der Waals surface area contributed by atoms with Crippen LogP contribution in [0.3, 0.4) is 0 Å². The number of hydrogen-bond acceptors (Lipinski definition) is 6. The highest BCUT2D eigenvalue weighted by atomic mass is 32.1. The first-order valence-corrected chi connectivity index (χ1v) is 6.79. The van der Waals surface area contributed by atoms with Crippen LogP contribution in [0, 0.1) is 0 Å². The number of hydrogen-bond donors (Lipinski definition) is 4. The average Bonchev–Trinajstić information content (AvgIpc) is 2.70. The minimum atomic E-state index is -0.946. The lowest BCUT2D eigenvalue weighted by molar-refractivity contribution is -0.136. The van der Waals surface area contributed by atoms with E-state index in [0.29, 0.717) is 36.9 Å². The fourth-order valence-corrected chi connectivity index (χ4v) is 2.33. The van der Waals surface area contributed by atoms with Crippen LogP contribution in [0.4, 0.5) is 5.13 Å². The van der Waals surface area contributed by atoms with E-state index in [1.807, 2.05) is 0 Å². The highest BCUT2D eigenvalue weighted by molar-refractivity contribution is 7.15. The van der Waals surface area contributed by atoms with Crippen molar-refractivity contribution in [3.63, 3.8) is 0 Å². The van der Waals surface area contributed by atoms with Gasteiger partial charge in [-0.1, -0.05) is 6.92 Å². The highest BCUT2D eigenvalue weighted by Crippen LogP contribution is 2.23. The van der Waals surface area contributed by atoms with E-state index in [4.69, 9.17) is 10.8 Å². The van der Waals surface area contributed by atoms with E-state index in [-0.39, 0.29) is 12.3 Å². The standard InChI is InChI=1S/C11H18N4O3S/c1-2-9(16)15-11-14-7(5-10(17)18)8(19-11)6-13-4-3-12/h13H,2-6,12H2,1H3,(H,17,18)(H,14,15,16). The number of amides is 1. The van der Waals surface area contributed by atoms with Gasteiger partial charge in [0.1, 0.15) is 0 Å². The molecule has 0 aliphatic carbocycles. The zero-order valence-electron chi connectivity index (χ0n) is 10.7. The second-order valence-electron chi connectivity index (χ2n) is 3.83. The van der Waals surface area contributed by atoms with Crippen LogP contribution in [-0.2, 0) is 22.6 Å². The molecule has 19 heavy (non-hydrogen) atoms. The maximum absolute atomic E-state index is 11.3. The average molecular weight is 286 g/mol. The molecule has 0 unspecified atom stereocenters. The molecule has 8 heteroatoms. The number of aromatic nitrogens is 1. The van der Waals surface area contributed by atoms with Gasteiger partial charge in [0.2, 0.25) is 5.91 Å². The van der Waals surface area contributed by atoms with Crippen molar-refractivity contribution in [2.24, 2.45) is 5.73 Å². The number of nitrogens with two attached hydrogens (primary N) is 1. The molecule has 0 spiro atoms. The largest absolute Gasteiger partial charge is 0.481 e. The zero-order valence-corrected chi connectivity index (χ0v) is 11.5. The van der Waals surface area contributed by atoms with Crippen LogP contribution in [0.2, 0.25) is 0 Å². The summed E-state index contributed by atoms with van der Waals surface area (Å²) in [5, 5.41) is 15.0. The Morgan fingerprint density at radius 2 is 2.21 bits per heavy atom. The third-order valence-electron chi connectivity index (χ3n) is 2.27. The van der Waals surface area contributed by atoms with Gasteiger partial charge in [0.25, 0.3) is 0 Å². The van der Waals surface area contributed by atoms with E-state index in [2.05, 4.69) is 15.6 Å². The molecule has 106 valence electrons. The Morgan fingerprint density at radius 3 is 2.79 bits per heavy atom. The van der Waals surface area contributed by atoms with Gasteiger partial charge in [-0.05, 0) is 0 Å². The summed E-state index contributed by atoms with van der Waals surface area (Å²) in [6.07, 6.45) is 0.201.